The molecule has 12 heteroatoms. The SMILES string of the molecule is CC(=O)Nc1ccc(O)c2c1[C@H](C)[C@@H]1C(C2=O)C(=O)[C@]2(O)C(=O)C(C(N)=O)C(=O)C(N(C)C)[C@@H]2[C@H]1O. The first-order valence-corrected chi connectivity index (χ1v) is 11.3. The molecule has 8 atom stereocenters. The average Bonchev–Trinajstić information content (AvgIpc) is 2.76. The molecule has 2 saturated carbocycles. The van der Waals surface area contributed by atoms with E-state index in [1.54, 1.807) is 6.92 Å². The predicted octanol–water partition coefficient (Wildman–Crippen LogP) is -1.64. The van der Waals surface area contributed by atoms with Gasteiger partial charge in [0.25, 0.3) is 0 Å². The number of hydrogen-bond acceptors (Lipinski definition) is 10. The fourth-order valence-electron chi connectivity index (χ4n) is 6.37. The summed E-state index contributed by atoms with van der Waals surface area (Å²) in [4.78, 5) is 78.9. The van der Waals surface area contributed by atoms with Gasteiger partial charge >= 0.3 is 0 Å². The maximum atomic E-state index is 13.8. The molecule has 3 aliphatic carbocycles. The Morgan fingerprint density at radius 2 is 1.72 bits per heavy atom. The second kappa shape index (κ2) is 8.29. The number of hydrogen-bond donors (Lipinski definition) is 5. The molecular formula is C24H27N3O9. The average molecular weight is 501 g/mol. The lowest BCUT2D eigenvalue weighted by molar-refractivity contribution is -0.196. The lowest BCUT2D eigenvalue weighted by atomic mass is 9.49. The van der Waals surface area contributed by atoms with Gasteiger partial charge in [0.2, 0.25) is 11.8 Å². The van der Waals surface area contributed by atoms with Gasteiger partial charge in [-0.3, -0.25) is 33.7 Å². The number of primary amides is 1. The zero-order valence-electron chi connectivity index (χ0n) is 20.0. The summed E-state index contributed by atoms with van der Waals surface area (Å²) in [5.74, 6) is -14.7. The van der Waals surface area contributed by atoms with Gasteiger partial charge in [0.15, 0.2) is 34.7 Å². The van der Waals surface area contributed by atoms with Crippen LogP contribution in [0.25, 0.3) is 0 Å². The summed E-state index contributed by atoms with van der Waals surface area (Å²) in [6.45, 7) is 2.81. The van der Waals surface area contributed by atoms with Crippen LogP contribution in [-0.2, 0) is 24.0 Å². The van der Waals surface area contributed by atoms with Gasteiger partial charge in [-0.25, -0.2) is 0 Å². The Kier molecular flexibility index (Phi) is 5.90. The van der Waals surface area contributed by atoms with Crippen molar-refractivity contribution < 1.29 is 44.1 Å². The number of nitrogens with one attached hydrogen (secondary N) is 1. The number of nitrogens with two attached hydrogens (primary N) is 1. The van der Waals surface area contributed by atoms with Gasteiger partial charge < -0.3 is 26.4 Å². The number of rotatable bonds is 3. The Morgan fingerprint density at radius 3 is 2.25 bits per heavy atom. The van der Waals surface area contributed by atoms with Crippen molar-refractivity contribution in [2.45, 2.75) is 37.5 Å². The van der Waals surface area contributed by atoms with Crippen molar-refractivity contribution in [1.82, 2.24) is 4.90 Å². The van der Waals surface area contributed by atoms with Crippen LogP contribution in [0.15, 0.2) is 12.1 Å². The molecule has 0 heterocycles. The van der Waals surface area contributed by atoms with Crippen LogP contribution in [0.3, 0.4) is 0 Å². The van der Waals surface area contributed by atoms with Crippen molar-refractivity contribution in [3.05, 3.63) is 23.3 Å². The third-order valence-electron chi connectivity index (χ3n) is 7.78. The summed E-state index contributed by atoms with van der Waals surface area (Å²) in [6, 6.07) is 1.08. The molecule has 1 aromatic rings. The highest BCUT2D eigenvalue weighted by Crippen LogP contribution is 2.55. The van der Waals surface area contributed by atoms with Crippen molar-refractivity contribution >= 4 is 40.6 Å². The van der Waals surface area contributed by atoms with Crippen LogP contribution in [0.1, 0.15) is 35.7 Å². The molecule has 4 rings (SSSR count). The maximum Gasteiger partial charge on any atom is 0.235 e. The van der Waals surface area contributed by atoms with Gasteiger partial charge in [0.05, 0.1) is 29.5 Å². The lowest BCUT2D eigenvalue weighted by Crippen LogP contribution is -2.77. The largest absolute Gasteiger partial charge is 0.507 e. The second-order valence-electron chi connectivity index (χ2n) is 9.97. The zero-order valence-corrected chi connectivity index (χ0v) is 20.0. The smallest absolute Gasteiger partial charge is 0.235 e. The van der Waals surface area contributed by atoms with E-state index >= 15 is 0 Å². The molecule has 0 radical (unpaired) electrons. The maximum absolute atomic E-state index is 13.8. The van der Waals surface area contributed by atoms with Gasteiger partial charge in [-0.05, 0) is 37.7 Å². The van der Waals surface area contributed by atoms with Gasteiger partial charge in [-0.15, -0.1) is 0 Å². The molecule has 12 nitrogen and oxygen atoms in total. The van der Waals surface area contributed by atoms with E-state index in [0.717, 1.165) is 6.07 Å². The lowest BCUT2D eigenvalue weighted by Gasteiger charge is -2.56. The fourth-order valence-corrected chi connectivity index (χ4v) is 6.37. The van der Waals surface area contributed by atoms with Crippen LogP contribution in [0.2, 0.25) is 0 Å². The van der Waals surface area contributed by atoms with E-state index in [1.807, 2.05) is 0 Å². The van der Waals surface area contributed by atoms with E-state index in [2.05, 4.69) is 5.32 Å². The number of Topliss-reactive ketones (excluding diaryl/α,β-unsaturated/α-hetero) is 4. The molecule has 1 aromatic carbocycles. The van der Waals surface area contributed by atoms with Crippen molar-refractivity contribution in [1.29, 1.82) is 0 Å². The number of phenols is 1. The van der Waals surface area contributed by atoms with E-state index in [4.69, 9.17) is 5.73 Å². The van der Waals surface area contributed by atoms with E-state index in [-0.39, 0.29) is 16.8 Å². The molecule has 3 aliphatic rings. The summed E-state index contributed by atoms with van der Waals surface area (Å²) in [5.41, 5.74) is 2.30. The van der Waals surface area contributed by atoms with Crippen molar-refractivity contribution in [2.24, 2.45) is 29.4 Å². The number of phenolic OH excluding ortho intramolecular Hbond substituents is 1. The molecule has 0 aromatic heterocycles. The van der Waals surface area contributed by atoms with Gasteiger partial charge in [-0.1, -0.05) is 6.92 Å². The Bertz CT molecular complexity index is 1240. The van der Waals surface area contributed by atoms with Crippen LogP contribution in [0.5, 0.6) is 5.75 Å². The van der Waals surface area contributed by atoms with Crippen LogP contribution in [0.4, 0.5) is 5.69 Å². The normalized spacial score (nSPS) is 35.7. The Morgan fingerprint density at radius 1 is 1.11 bits per heavy atom. The molecule has 0 bridgehead atoms. The number of ketones is 4. The number of carbonyl (C=O) groups is 6. The molecule has 2 amide bonds. The first-order valence-electron chi connectivity index (χ1n) is 11.3. The minimum absolute atomic E-state index is 0.179. The molecule has 0 spiro atoms. The number of fused-ring (bicyclic) bond motifs is 3. The highest BCUT2D eigenvalue weighted by atomic mass is 16.3. The van der Waals surface area contributed by atoms with Crippen LogP contribution >= 0.6 is 0 Å². The topological polar surface area (TPSA) is 204 Å². The molecule has 0 aliphatic heterocycles. The molecule has 2 fully saturated rings. The highest BCUT2D eigenvalue weighted by Gasteiger charge is 2.73. The van der Waals surface area contributed by atoms with Gasteiger partial charge in [0, 0.05) is 18.5 Å². The van der Waals surface area contributed by atoms with Crippen molar-refractivity contribution in [2.75, 3.05) is 19.4 Å². The predicted molar refractivity (Wildman–Crippen MR) is 122 cm³/mol. The molecular weight excluding hydrogens is 474 g/mol. The van der Waals surface area contributed by atoms with Crippen LogP contribution < -0.4 is 11.1 Å². The third kappa shape index (κ3) is 3.18. The third-order valence-corrected chi connectivity index (χ3v) is 7.78. The van der Waals surface area contributed by atoms with E-state index in [1.165, 1.54) is 32.0 Å². The van der Waals surface area contributed by atoms with Gasteiger partial charge in [0.1, 0.15) is 5.75 Å². The first kappa shape index (κ1) is 25.6. The summed E-state index contributed by atoms with van der Waals surface area (Å²) >= 11 is 0. The summed E-state index contributed by atoms with van der Waals surface area (Å²) < 4.78 is 0. The minimum Gasteiger partial charge on any atom is -0.507 e. The van der Waals surface area contributed by atoms with Gasteiger partial charge in [-0.2, -0.15) is 0 Å². The highest BCUT2D eigenvalue weighted by molar-refractivity contribution is 6.32. The number of carbonyl (C=O) groups excluding carboxylic acids is 6. The summed E-state index contributed by atoms with van der Waals surface area (Å²) in [5, 5.41) is 36.2. The van der Waals surface area contributed by atoms with Crippen molar-refractivity contribution in [3.8, 4) is 5.75 Å². The number of aliphatic hydroxyl groups is 2. The fraction of sp³-hybridized carbons (Fsp3) is 0.500. The van der Waals surface area contributed by atoms with Crippen LogP contribution in [-0.4, -0.2) is 87.0 Å². The van der Waals surface area contributed by atoms with Crippen LogP contribution in [0, 0.1) is 23.7 Å². The molecule has 3 unspecified atom stereocenters. The standard InChI is InChI=1S/C24H27N3O9/c1-7-11-9(26-8(2)28)5-6-10(29)13(11)18(30)14-12(7)19(31)16-17(27(3)4)20(32)15(23(25)35)22(34)24(16,36)21(14)33/h5-7,12,14-17,19,29,31,36H,1-4H3,(H2,25,35)(H,26,28)/t7-,12+,14?,15?,16+,17?,19-,24-/m0/s1. The molecule has 192 valence electrons. The number of amides is 2. The Labute approximate surface area is 205 Å². The molecule has 6 N–H and O–H groups in total. The number of nitrogens with zero attached hydrogens (tertiary/aromatic N) is 1. The van der Waals surface area contributed by atoms with E-state index < -0.39 is 88.0 Å². The number of likely N-dealkylation sites (N-methyl/N-ethyl adjacent to an activating group) is 1. The van der Waals surface area contributed by atoms with E-state index in [0.29, 0.717) is 0 Å². The zero-order chi connectivity index (χ0) is 27.0. The summed E-state index contributed by atoms with van der Waals surface area (Å²) in [6.07, 6.45) is -1.74. The number of aliphatic hydroxyl groups excluding tert-OH is 1. The van der Waals surface area contributed by atoms with E-state index in [9.17, 15) is 44.1 Å². The molecule has 36 heavy (non-hydrogen) atoms. The summed E-state index contributed by atoms with van der Waals surface area (Å²) in [7, 11) is 2.83. The van der Waals surface area contributed by atoms with Crippen molar-refractivity contribution in [3.63, 3.8) is 0 Å². The first-order chi connectivity index (χ1) is 16.7. The Hall–Kier alpha value is -3.48. The molecule has 0 saturated heterocycles. The Balaban J connectivity index is 1.97. The second-order valence-corrected chi connectivity index (χ2v) is 9.97. The minimum atomic E-state index is -3.05. The monoisotopic (exact) mass is 501 g/mol. The number of benzene rings is 1. The number of aromatic hydroxyl groups is 1. The number of anilines is 1. The quantitative estimate of drug-likeness (QED) is 0.236.